The highest BCUT2D eigenvalue weighted by molar-refractivity contribution is 5.85. The maximum atomic E-state index is 6.02. The van der Waals surface area contributed by atoms with Gasteiger partial charge in [0.2, 0.25) is 11.8 Å². The fourth-order valence-electron chi connectivity index (χ4n) is 3.96. The summed E-state index contributed by atoms with van der Waals surface area (Å²) in [5.74, 6) is 1.02. The van der Waals surface area contributed by atoms with E-state index in [2.05, 4.69) is 57.6 Å². The summed E-state index contributed by atoms with van der Waals surface area (Å²) in [6.45, 7) is 8.00. The van der Waals surface area contributed by atoms with Gasteiger partial charge < -0.3 is 19.5 Å². The molecule has 1 aromatic carbocycles. The van der Waals surface area contributed by atoms with E-state index in [1.54, 1.807) is 7.11 Å². The minimum Gasteiger partial charge on any atom is -0.481 e. The van der Waals surface area contributed by atoms with Gasteiger partial charge in [-0.1, -0.05) is 30.3 Å². The Bertz CT molecular complexity index is 811. The zero-order valence-electron chi connectivity index (χ0n) is 19.5. The van der Waals surface area contributed by atoms with E-state index in [0.717, 1.165) is 24.9 Å². The molecule has 0 aliphatic carbocycles. The molecule has 0 bridgehead atoms. The van der Waals surface area contributed by atoms with Gasteiger partial charge >= 0.3 is 6.01 Å². The standard InChI is InChI=1S/C23H34N4O3.2ClH/c1-6-29-23-25-21(28-5)18(22(26-23)30-16(2)3)15-27(4)19-13-10-14-24-20(19)17-11-8-7-9-12-17;;/h7-9,11-12,16,19-20,24H,6,10,13-15H2,1-5H3;2*1H/t19-,20-;;/m0../s1. The molecule has 32 heavy (non-hydrogen) atoms. The number of hydrogen-bond acceptors (Lipinski definition) is 7. The fraction of sp³-hybridized carbons (Fsp3) is 0.565. The number of ether oxygens (including phenoxy) is 3. The van der Waals surface area contributed by atoms with Crippen molar-refractivity contribution in [2.24, 2.45) is 0 Å². The highest BCUT2D eigenvalue weighted by Gasteiger charge is 2.31. The van der Waals surface area contributed by atoms with Crippen molar-refractivity contribution in [1.82, 2.24) is 20.2 Å². The monoisotopic (exact) mass is 486 g/mol. The molecule has 2 atom stereocenters. The third-order valence-corrected chi connectivity index (χ3v) is 5.28. The zero-order chi connectivity index (χ0) is 21.5. The van der Waals surface area contributed by atoms with Gasteiger partial charge in [0.25, 0.3) is 0 Å². The normalized spacial score (nSPS) is 18.0. The van der Waals surface area contributed by atoms with Crippen molar-refractivity contribution in [3.05, 3.63) is 41.5 Å². The predicted octanol–water partition coefficient (Wildman–Crippen LogP) is 4.44. The SMILES string of the molecule is CCOc1nc(OC)c(CN(C)[C@H]2CCCN[C@H]2c2ccccc2)c(OC(C)C)n1.Cl.Cl. The molecule has 0 radical (unpaired) electrons. The number of methoxy groups -OCH3 is 1. The number of nitrogens with zero attached hydrogens (tertiary/aromatic N) is 3. The van der Waals surface area contributed by atoms with Crippen LogP contribution in [-0.2, 0) is 6.54 Å². The molecule has 1 fully saturated rings. The lowest BCUT2D eigenvalue weighted by atomic mass is 9.91. The molecule has 2 heterocycles. The third kappa shape index (κ3) is 7.10. The number of halogens is 2. The third-order valence-electron chi connectivity index (χ3n) is 5.28. The Balaban J connectivity index is 0.00000256. The van der Waals surface area contributed by atoms with E-state index < -0.39 is 0 Å². The number of hydrogen-bond donors (Lipinski definition) is 1. The quantitative estimate of drug-likeness (QED) is 0.561. The van der Waals surface area contributed by atoms with Gasteiger partial charge in [0, 0.05) is 18.6 Å². The molecule has 0 saturated carbocycles. The molecule has 3 rings (SSSR count). The van der Waals surface area contributed by atoms with Crippen LogP contribution >= 0.6 is 24.8 Å². The highest BCUT2D eigenvalue weighted by Crippen LogP contribution is 2.33. The second-order valence-electron chi connectivity index (χ2n) is 7.87. The molecule has 0 amide bonds. The molecule has 1 aromatic heterocycles. The number of benzene rings is 1. The number of nitrogens with one attached hydrogen (secondary N) is 1. The molecule has 7 nitrogen and oxygen atoms in total. The van der Waals surface area contributed by atoms with Crippen molar-refractivity contribution >= 4 is 24.8 Å². The summed E-state index contributed by atoms with van der Waals surface area (Å²) < 4.78 is 17.1. The maximum Gasteiger partial charge on any atom is 0.323 e. The average Bonchev–Trinajstić information content (AvgIpc) is 2.75. The highest BCUT2D eigenvalue weighted by atomic mass is 35.5. The lowest BCUT2D eigenvalue weighted by Crippen LogP contribution is -2.46. The number of rotatable bonds is 9. The predicted molar refractivity (Wildman–Crippen MR) is 132 cm³/mol. The van der Waals surface area contributed by atoms with Crippen LogP contribution in [0.15, 0.2) is 30.3 Å². The molecule has 2 aromatic rings. The maximum absolute atomic E-state index is 6.02. The van der Waals surface area contributed by atoms with Crippen LogP contribution in [0.25, 0.3) is 0 Å². The first-order chi connectivity index (χ1) is 14.5. The Morgan fingerprint density at radius 3 is 2.44 bits per heavy atom. The van der Waals surface area contributed by atoms with Gasteiger partial charge in [-0.05, 0) is 52.8 Å². The van der Waals surface area contributed by atoms with Gasteiger partial charge in [-0.15, -0.1) is 24.8 Å². The molecular weight excluding hydrogens is 451 g/mol. The molecular formula is C23H36Cl2N4O3. The van der Waals surface area contributed by atoms with Crippen molar-refractivity contribution in [2.75, 3.05) is 27.3 Å². The molecule has 0 unspecified atom stereocenters. The molecule has 9 heteroatoms. The van der Waals surface area contributed by atoms with Gasteiger partial charge in [0.1, 0.15) is 0 Å². The van der Waals surface area contributed by atoms with Crippen molar-refractivity contribution in [2.45, 2.75) is 58.3 Å². The topological polar surface area (TPSA) is 68.7 Å². The van der Waals surface area contributed by atoms with E-state index in [4.69, 9.17) is 14.2 Å². The van der Waals surface area contributed by atoms with Crippen LogP contribution in [-0.4, -0.2) is 54.3 Å². The Morgan fingerprint density at radius 2 is 1.81 bits per heavy atom. The smallest absolute Gasteiger partial charge is 0.323 e. The Hall–Kier alpha value is -1.80. The first-order valence-electron chi connectivity index (χ1n) is 10.8. The number of piperidine rings is 1. The van der Waals surface area contributed by atoms with Crippen LogP contribution < -0.4 is 19.5 Å². The first kappa shape index (κ1) is 28.2. The summed E-state index contributed by atoms with van der Waals surface area (Å²) in [4.78, 5) is 11.3. The van der Waals surface area contributed by atoms with Gasteiger partial charge in [-0.25, -0.2) is 0 Å². The molecule has 1 saturated heterocycles. The van der Waals surface area contributed by atoms with Crippen LogP contribution in [0.2, 0.25) is 0 Å². The van der Waals surface area contributed by atoms with Crippen molar-refractivity contribution in [3.63, 3.8) is 0 Å². The van der Waals surface area contributed by atoms with Gasteiger partial charge in [-0.3, -0.25) is 4.90 Å². The molecule has 1 aliphatic heterocycles. The van der Waals surface area contributed by atoms with Crippen LogP contribution in [0, 0.1) is 0 Å². The molecule has 180 valence electrons. The Labute approximate surface area is 204 Å². The lowest BCUT2D eigenvalue weighted by molar-refractivity contribution is 0.143. The van der Waals surface area contributed by atoms with E-state index >= 15 is 0 Å². The first-order valence-corrected chi connectivity index (χ1v) is 10.8. The second-order valence-corrected chi connectivity index (χ2v) is 7.87. The average molecular weight is 487 g/mol. The van der Waals surface area contributed by atoms with Gasteiger partial charge in [0.05, 0.1) is 25.4 Å². The Morgan fingerprint density at radius 1 is 1.12 bits per heavy atom. The summed E-state index contributed by atoms with van der Waals surface area (Å²) in [7, 11) is 3.76. The fourth-order valence-corrected chi connectivity index (χ4v) is 3.96. The van der Waals surface area contributed by atoms with Gasteiger partial charge in [0.15, 0.2) is 0 Å². The van der Waals surface area contributed by atoms with Crippen LogP contribution in [0.3, 0.4) is 0 Å². The van der Waals surface area contributed by atoms with Gasteiger partial charge in [-0.2, -0.15) is 9.97 Å². The second kappa shape index (κ2) is 13.7. The molecule has 0 spiro atoms. The largest absolute Gasteiger partial charge is 0.481 e. The van der Waals surface area contributed by atoms with E-state index in [1.807, 2.05) is 20.8 Å². The van der Waals surface area contributed by atoms with E-state index in [0.29, 0.717) is 31.0 Å². The van der Waals surface area contributed by atoms with E-state index in [9.17, 15) is 0 Å². The number of aromatic nitrogens is 2. The van der Waals surface area contributed by atoms with Crippen LogP contribution in [0.4, 0.5) is 0 Å². The summed E-state index contributed by atoms with van der Waals surface area (Å²) in [6, 6.07) is 11.5. The van der Waals surface area contributed by atoms with Crippen molar-refractivity contribution in [3.8, 4) is 17.8 Å². The van der Waals surface area contributed by atoms with Crippen molar-refractivity contribution in [1.29, 1.82) is 0 Å². The molecule has 1 aliphatic rings. The zero-order valence-corrected chi connectivity index (χ0v) is 21.2. The van der Waals surface area contributed by atoms with E-state index in [-0.39, 0.29) is 43.0 Å². The summed E-state index contributed by atoms with van der Waals surface area (Å²) >= 11 is 0. The summed E-state index contributed by atoms with van der Waals surface area (Å²) in [5, 5.41) is 3.70. The lowest BCUT2D eigenvalue weighted by Gasteiger charge is -2.39. The summed E-state index contributed by atoms with van der Waals surface area (Å²) in [5.41, 5.74) is 2.15. The van der Waals surface area contributed by atoms with Crippen LogP contribution in [0.5, 0.6) is 17.8 Å². The van der Waals surface area contributed by atoms with Crippen molar-refractivity contribution < 1.29 is 14.2 Å². The van der Waals surface area contributed by atoms with E-state index in [1.165, 1.54) is 5.56 Å². The Kier molecular flexibility index (Phi) is 12.1. The van der Waals surface area contributed by atoms with Crippen LogP contribution in [0.1, 0.15) is 50.8 Å². The summed E-state index contributed by atoms with van der Waals surface area (Å²) in [6.07, 6.45) is 2.24. The minimum absolute atomic E-state index is 0. The molecule has 1 N–H and O–H groups in total. The minimum atomic E-state index is -0.0171. The number of likely N-dealkylation sites (N-methyl/N-ethyl adjacent to an activating group) is 1.